The molecule has 0 saturated heterocycles. The van der Waals surface area contributed by atoms with Crippen molar-refractivity contribution in [1.29, 1.82) is 0 Å². The first kappa shape index (κ1) is 22.6. The van der Waals surface area contributed by atoms with Crippen molar-refractivity contribution in [2.45, 2.75) is 44.6 Å². The Hall–Kier alpha value is -2.64. The van der Waals surface area contributed by atoms with Crippen molar-refractivity contribution >= 4 is 43.2 Å². The van der Waals surface area contributed by atoms with Gasteiger partial charge < -0.3 is 5.32 Å². The van der Waals surface area contributed by atoms with Gasteiger partial charge in [0.15, 0.2) is 0 Å². The number of carbonyl (C=O) groups is 1. The Bertz CT molecular complexity index is 1290. The second-order valence-electron chi connectivity index (χ2n) is 8.08. The average Bonchev–Trinajstić information content (AvgIpc) is 3.11. The zero-order valence-corrected chi connectivity index (χ0v) is 20.6. The van der Waals surface area contributed by atoms with E-state index in [2.05, 4.69) is 28.2 Å². The van der Waals surface area contributed by atoms with Crippen molar-refractivity contribution in [3.63, 3.8) is 0 Å². The third-order valence-corrected chi connectivity index (χ3v) is 8.20. The van der Waals surface area contributed by atoms with Gasteiger partial charge in [-0.25, -0.2) is 8.42 Å². The molecule has 1 atom stereocenters. The van der Waals surface area contributed by atoms with Crippen LogP contribution in [0.2, 0.25) is 0 Å². The summed E-state index contributed by atoms with van der Waals surface area (Å²) in [5.74, 6) is -0.204. The third kappa shape index (κ3) is 4.07. The van der Waals surface area contributed by atoms with E-state index in [4.69, 9.17) is 0 Å². The maximum absolute atomic E-state index is 13.2. The Labute approximate surface area is 197 Å². The van der Waals surface area contributed by atoms with E-state index in [-0.39, 0.29) is 16.8 Å². The molecule has 1 unspecified atom stereocenters. The number of nitrogens with one attached hydrogen (secondary N) is 1. The van der Waals surface area contributed by atoms with Gasteiger partial charge in [-0.05, 0) is 85.8 Å². The van der Waals surface area contributed by atoms with Gasteiger partial charge in [-0.2, -0.15) is 0 Å². The maximum atomic E-state index is 13.2. The van der Waals surface area contributed by atoms with Crippen molar-refractivity contribution in [2.24, 2.45) is 0 Å². The number of rotatable bonds is 5. The van der Waals surface area contributed by atoms with Gasteiger partial charge in [-0.3, -0.25) is 9.10 Å². The van der Waals surface area contributed by atoms with Crippen LogP contribution in [0.15, 0.2) is 70.0 Å². The first-order valence-electron chi connectivity index (χ1n) is 10.5. The van der Waals surface area contributed by atoms with Crippen molar-refractivity contribution in [1.82, 2.24) is 0 Å². The zero-order chi connectivity index (χ0) is 23.0. The highest BCUT2D eigenvalue weighted by Crippen LogP contribution is 2.37. The van der Waals surface area contributed by atoms with E-state index in [1.807, 2.05) is 32.0 Å². The molecule has 1 amide bonds. The number of halogens is 1. The molecule has 3 aromatic rings. The van der Waals surface area contributed by atoms with Crippen LogP contribution in [0.3, 0.4) is 0 Å². The lowest BCUT2D eigenvalue weighted by Crippen LogP contribution is -2.35. The Morgan fingerprint density at radius 3 is 2.53 bits per heavy atom. The molecule has 5 nitrogen and oxygen atoms in total. The van der Waals surface area contributed by atoms with Gasteiger partial charge in [0.05, 0.1) is 10.6 Å². The first-order valence-corrected chi connectivity index (χ1v) is 12.8. The smallest absolute Gasteiger partial charge is 0.264 e. The topological polar surface area (TPSA) is 66.5 Å². The molecule has 0 aliphatic carbocycles. The van der Waals surface area contributed by atoms with Crippen LogP contribution < -0.4 is 9.62 Å². The molecule has 0 bridgehead atoms. The van der Waals surface area contributed by atoms with Gasteiger partial charge in [-0.15, -0.1) is 0 Å². The van der Waals surface area contributed by atoms with Gasteiger partial charge in [0.25, 0.3) is 15.9 Å². The van der Waals surface area contributed by atoms with Gasteiger partial charge in [0.2, 0.25) is 0 Å². The Kier molecular flexibility index (Phi) is 6.14. The second-order valence-corrected chi connectivity index (χ2v) is 10.8. The summed E-state index contributed by atoms with van der Waals surface area (Å²) in [6, 6.07) is 17.4. The first-order chi connectivity index (χ1) is 15.2. The van der Waals surface area contributed by atoms with Crippen molar-refractivity contribution in [2.75, 3.05) is 9.62 Å². The van der Waals surface area contributed by atoms with Crippen LogP contribution in [-0.2, 0) is 22.9 Å². The quantitative estimate of drug-likeness (QED) is 0.475. The fourth-order valence-corrected chi connectivity index (χ4v) is 6.61. The Balaban J connectivity index is 1.65. The molecule has 166 valence electrons. The fourth-order valence-electron chi connectivity index (χ4n) is 4.27. The van der Waals surface area contributed by atoms with E-state index < -0.39 is 10.0 Å². The van der Waals surface area contributed by atoms with Crippen LogP contribution in [0, 0.1) is 6.92 Å². The summed E-state index contributed by atoms with van der Waals surface area (Å²) in [5, 5.41) is 3.05. The Morgan fingerprint density at radius 2 is 1.84 bits per heavy atom. The summed E-state index contributed by atoms with van der Waals surface area (Å²) >= 11 is 3.51. The number of hydrogen-bond acceptors (Lipinski definition) is 3. The van der Waals surface area contributed by atoms with Crippen LogP contribution >= 0.6 is 15.9 Å². The van der Waals surface area contributed by atoms with E-state index in [1.54, 1.807) is 42.5 Å². The third-order valence-electron chi connectivity index (χ3n) is 5.80. The summed E-state index contributed by atoms with van der Waals surface area (Å²) in [7, 11) is -3.67. The Morgan fingerprint density at radius 1 is 1.12 bits per heavy atom. The summed E-state index contributed by atoms with van der Waals surface area (Å²) in [4.78, 5) is 13.3. The lowest BCUT2D eigenvalue weighted by Gasteiger charge is -2.24. The minimum atomic E-state index is -3.67. The molecule has 0 fully saturated rings. The summed E-state index contributed by atoms with van der Waals surface area (Å²) in [6.07, 6.45) is 1.35. The molecule has 1 aliphatic heterocycles. The predicted octanol–water partition coefficient (Wildman–Crippen LogP) is 5.71. The molecule has 0 spiro atoms. The number of anilines is 2. The molecule has 0 saturated carbocycles. The molecule has 1 N–H and O–H groups in total. The van der Waals surface area contributed by atoms with Gasteiger partial charge in [-0.1, -0.05) is 41.1 Å². The number of amides is 1. The van der Waals surface area contributed by atoms with Crippen LogP contribution in [-0.4, -0.2) is 20.4 Å². The summed E-state index contributed by atoms with van der Waals surface area (Å²) in [5.41, 5.74) is 4.86. The van der Waals surface area contributed by atoms with Crippen LogP contribution in [0.5, 0.6) is 0 Å². The lowest BCUT2D eigenvalue weighted by atomic mass is 10.0. The number of nitrogens with zero attached hydrogens (tertiary/aromatic N) is 1. The summed E-state index contributed by atoms with van der Waals surface area (Å²) in [6.45, 7) is 5.91. The molecule has 7 heteroatoms. The monoisotopic (exact) mass is 512 g/mol. The van der Waals surface area contributed by atoms with Gasteiger partial charge in [0.1, 0.15) is 0 Å². The van der Waals surface area contributed by atoms with Gasteiger partial charge in [0, 0.05) is 21.8 Å². The van der Waals surface area contributed by atoms with E-state index in [0.29, 0.717) is 17.7 Å². The van der Waals surface area contributed by atoms with Gasteiger partial charge >= 0.3 is 0 Å². The lowest BCUT2D eigenvalue weighted by molar-refractivity contribution is 0.102. The van der Waals surface area contributed by atoms with Crippen molar-refractivity contribution < 1.29 is 13.2 Å². The number of carbonyl (C=O) groups excluding carboxylic acids is 1. The SMILES string of the molecule is CCc1cc(Br)cc(C)c1NC(=O)c1ccc2c(c1)CC(C)N2S(=O)(=O)c1ccccc1. The molecule has 4 rings (SSSR count). The van der Waals surface area contributed by atoms with Crippen LogP contribution in [0.25, 0.3) is 0 Å². The van der Waals surface area contributed by atoms with Crippen LogP contribution in [0.1, 0.15) is 40.9 Å². The molecule has 1 aliphatic rings. The number of benzene rings is 3. The fraction of sp³-hybridized carbons (Fsp3) is 0.240. The minimum absolute atomic E-state index is 0.204. The molecular formula is C25H25BrN2O3S. The number of aryl methyl sites for hydroxylation is 2. The van der Waals surface area contributed by atoms with Crippen molar-refractivity contribution in [3.8, 4) is 0 Å². The highest BCUT2D eigenvalue weighted by atomic mass is 79.9. The molecule has 1 heterocycles. The highest BCUT2D eigenvalue weighted by Gasteiger charge is 2.36. The largest absolute Gasteiger partial charge is 0.321 e. The number of hydrogen-bond donors (Lipinski definition) is 1. The predicted molar refractivity (Wildman–Crippen MR) is 132 cm³/mol. The second kappa shape index (κ2) is 8.71. The molecule has 0 aromatic heterocycles. The average molecular weight is 513 g/mol. The van der Waals surface area contributed by atoms with Crippen molar-refractivity contribution in [3.05, 3.63) is 87.4 Å². The minimum Gasteiger partial charge on any atom is -0.321 e. The standard InChI is InChI=1S/C25H25BrN2O3S/c1-4-18-15-21(26)12-16(2)24(18)27-25(29)19-10-11-23-20(14-19)13-17(3)28(23)32(30,31)22-8-6-5-7-9-22/h5-12,14-15,17H,4,13H2,1-3H3,(H,27,29). The molecule has 3 aromatic carbocycles. The molecule has 0 radical (unpaired) electrons. The van der Waals surface area contributed by atoms with E-state index in [1.165, 1.54) is 4.31 Å². The highest BCUT2D eigenvalue weighted by molar-refractivity contribution is 9.10. The number of fused-ring (bicyclic) bond motifs is 1. The van der Waals surface area contributed by atoms with E-state index >= 15 is 0 Å². The normalized spacial score (nSPS) is 15.5. The summed E-state index contributed by atoms with van der Waals surface area (Å²) < 4.78 is 28.9. The van der Waals surface area contributed by atoms with E-state index in [0.717, 1.165) is 33.3 Å². The van der Waals surface area contributed by atoms with Crippen LogP contribution in [0.4, 0.5) is 11.4 Å². The maximum Gasteiger partial charge on any atom is 0.264 e. The number of sulfonamides is 1. The molecular weight excluding hydrogens is 488 g/mol. The van der Waals surface area contributed by atoms with E-state index in [9.17, 15) is 13.2 Å². The molecule has 32 heavy (non-hydrogen) atoms. The zero-order valence-electron chi connectivity index (χ0n) is 18.2.